The topological polar surface area (TPSA) is 94.5 Å². The summed E-state index contributed by atoms with van der Waals surface area (Å²) in [7, 11) is 1.39. The van der Waals surface area contributed by atoms with E-state index in [9.17, 15) is 9.59 Å². The maximum absolute atomic E-state index is 13.3. The molecule has 1 atom stereocenters. The summed E-state index contributed by atoms with van der Waals surface area (Å²) in [5.74, 6) is -0.345. The lowest BCUT2D eigenvalue weighted by Gasteiger charge is -2.35. The fraction of sp³-hybridized carbons (Fsp3) is 0.423. The van der Waals surface area contributed by atoms with E-state index >= 15 is 0 Å². The zero-order chi connectivity index (χ0) is 24.8. The van der Waals surface area contributed by atoms with Gasteiger partial charge in [-0.25, -0.2) is 9.59 Å². The molecule has 1 aliphatic heterocycles. The lowest BCUT2D eigenvalue weighted by atomic mass is 10.0. The molecule has 0 spiro atoms. The van der Waals surface area contributed by atoms with Gasteiger partial charge < -0.3 is 20.7 Å². The Balaban J connectivity index is 1.44. The first-order chi connectivity index (χ1) is 17.0. The molecule has 0 bridgehead atoms. The summed E-state index contributed by atoms with van der Waals surface area (Å²) in [6, 6.07) is 17.3. The zero-order valence-corrected chi connectivity index (χ0v) is 20.9. The van der Waals surface area contributed by atoms with Crippen LogP contribution in [0.15, 0.2) is 59.4 Å². The molecule has 3 aromatic rings. The van der Waals surface area contributed by atoms with E-state index in [1.807, 2.05) is 63.7 Å². The number of imidazole rings is 1. The van der Waals surface area contributed by atoms with Crippen LogP contribution >= 0.6 is 12.2 Å². The first-order valence-corrected chi connectivity index (χ1v) is 12.5. The number of rotatable bonds is 8. The molecule has 8 nitrogen and oxygen atoms in total. The molecule has 0 radical (unpaired) electrons. The third-order valence-corrected chi connectivity index (χ3v) is 7.01. The van der Waals surface area contributed by atoms with Crippen molar-refractivity contribution in [1.82, 2.24) is 19.4 Å². The van der Waals surface area contributed by atoms with Crippen molar-refractivity contribution in [3.8, 4) is 0 Å². The number of para-hydroxylation sites is 2. The molecule has 0 amide bonds. The maximum atomic E-state index is 13.3. The number of ether oxygens (including phenoxy) is 1. The van der Waals surface area contributed by atoms with Crippen molar-refractivity contribution in [2.24, 2.45) is 5.73 Å². The second kappa shape index (κ2) is 11.5. The fourth-order valence-electron chi connectivity index (χ4n) is 4.80. The summed E-state index contributed by atoms with van der Waals surface area (Å²) in [6.45, 7) is 2.56. The minimum absolute atomic E-state index is 0.0208. The zero-order valence-electron chi connectivity index (χ0n) is 20.1. The number of likely N-dealkylation sites (tertiary alicyclic amines) is 1. The van der Waals surface area contributed by atoms with E-state index in [0.717, 1.165) is 35.9 Å². The van der Waals surface area contributed by atoms with Crippen LogP contribution in [0.4, 0.5) is 0 Å². The van der Waals surface area contributed by atoms with Crippen molar-refractivity contribution in [1.29, 1.82) is 0 Å². The molecule has 2 aromatic carbocycles. The molecule has 1 aliphatic rings. The second-order valence-corrected chi connectivity index (χ2v) is 9.26. The summed E-state index contributed by atoms with van der Waals surface area (Å²) in [5.41, 5.74) is 8.66. The molecule has 35 heavy (non-hydrogen) atoms. The number of fused-ring (bicyclic) bond motifs is 1. The fourth-order valence-corrected chi connectivity index (χ4v) is 5.13. The Morgan fingerprint density at radius 1 is 1.11 bits per heavy atom. The van der Waals surface area contributed by atoms with Crippen molar-refractivity contribution in [3.05, 3.63) is 70.6 Å². The number of piperidine rings is 1. The van der Waals surface area contributed by atoms with E-state index in [2.05, 4.69) is 10.2 Å². The van der Waals surface area contributed by atoms with Crippen LogP contribution in [-0.2, 0) is 22.5 Å². The van der Waals surface area contributed by atoms with Crippen LogP contribution in [0.25, 0.3) is 11.0 Å². The number of esters is 1. The lowest BCUT2D eigenvalue weighted by Crippen LogP contribution is -2.51. The van der Waals surface area contributed by atoms with E-state index in [1.165, 1.54) is 7.11 Å². The highest BCUT2D eigenvalue weighted by molar-refractivity contribution is 7.80. The molecular formula is C26H33N5O3S. The van der Waals surface area contributed by atoms with Crippen LogP contribution in [0.1, 0.15) is 30.9 Å². The Kier molecular flexibility index (Phi) is 8.20. The van der Waals surface area contributed by atoms with Crippen LogP contribution in [0.3, 0.4) is 0 Å². The van der Waals surface area contributed by atoms with Gasteiger partial charge in [0.05, 0.1) is 18.1 Å². The summed E-state index contributed by atoms with van der Waals surface area (Å²) >= 11 is 5.67. The van der Waals surface area contributed by atoms with Gasteiger partial charge in [-0.05, 0) is 55.7 Å². The van der Waals surface area contributed by atoms with Crippen LogP contribution in [0.2, 0.25) is 0 Å². The standard InChI is InChI=1S/C26H33N5O3S/c1-34-24(32)21(18-19-8-3-2-4-9-19)28-25(35)29-16-12-20(13-17-29)31-23-11-6-5-10-22(23)30(26(31)33)15-7-14-27/h2-6,8-11,20-21H,7,12-18,27H2,1H3,(H,28,35)/t21-/m1/s1. The van der Waals surface area contributed by atoms with E-state index in [0.29, 0.717) is 37.7 Å². The SMILES string of the molecule is COC(=O)[C@@H](Cc1ccccc1)NC(=S)N1CCC(n2c(=O)n(CCCN)c3ccccc32)CC1. The molecule has 1 saturated heterocycles. The van der Waals surface area contributed by atoms with E-state index in [4.69, 9.17) is 22.7 Å². The van der Waals surface area contributed by atoms with Crippen LogP contribution < -0.4 is 16.7 Å². The van der Waals surface area contributed by atoms with Crippen molar-refractivity contribution in [2.75, 3.05) is 26.7 Å². The van der Waals surface area contributed by atoms with Gasteiger partial charge in [0.1, 0.15) is 6.04 Å². The number of nitrogens with one attached hydrogen (secondary N) is 1. The molecule has 0 saturated carbocycles. The lowest BCUT2D eigenvalue weighted by molar-refractivity contribution is -0.142. The highest BCUT2D eigenvalue weighted by atomic mass is 32.1. The molecular weight excluding hydrogens is 462 g/mol. The molecule has 3 N–H and O–H groups in total. The van der Waals surface area contributed by atoms with Gasteiger partial charge in [-0.15, -0.1) is 0 Å². The number of nitrogens with zero attached hydrogens (tertiary/aromatic N) is 3. The van der Waals surface area contributed by atoms with Crippen LogP contribution in [0.5, 0.6) is 0 Å². The first-order valence-electron chi connectivity index (χ1n) is 12.1. The van der Waals surface area contributed by atoms with Gasteiger partial charge in [-0.2, -0.15) is 0 Å². The third-order valence-electron chi connectivity index (χ3n) is 6.64. The number of benzene rings is 2. The normalized spacial score (nSPS) is 15.2. The Hall–Kier alpha value is -3.17. The number of carbonyl (C=O) groups excluding carboxylic acids is 1. The Labute approximate surface area is 210 Å². The van der Waals surface area contributed by atoms with Crippen LogP contribution in [0, 0.1) is 0 Å². The van der Waals surface area contributed by atoms with Gasteiger partial charge in [0, 0.05) is 32.1 Å². The number of methoxy groups -OCH3 is 1. The van der Waals surface area contributed by atoms with Crippen molar-refractivity contribution in [3.63, 3.8) is 0 Å². The van der Waals surface area contributed by atoms with Crippen LogP contribution in [-0.4, -0.2) is 57.9 Å². The van der Waals surface area contributed by atoms with Gasteiger partial charge in [0.2, 0.25) is 0 Å². The molecule has 1 aromatic heterocycles. The van der Waals surface area contributed by atoms with E-state index < -0.39 is 6.04 Å². The monoisotopic (exact) mass is 495 g/mol. The molecule has 0 unspecified atom stereocenters. The number of hydrogen-bond acceptors (Lipinski definition) is 5. The van der Waals surface area contributed by atoms with Crippen molar-refractivity contribution >= 4 is 34.3 Å². The van der Waals surface area contributed by atoms with Crippen molar-refractivity contribution in [2.45, 2.75) is 44.3 Å². The predicted octanol–water partition coefficient (Wildman–Crippen LogP) is 2.45. The number of aromatic nitrogens is 2. The molecule has 0 aliphatic carbocycles. The quantitative estimate of drug-likeness (QED) is 0.366. The molecule has 186 valence electrons. The second-order valence-electron chi connectivity index (χ2n) is 8.87. The summed E-state index contributed by atoms with van der Waals surface area (Å²) in [5, 5.41) is 3.74. The molecule has 1 fully saturated rings. The summed E-state index contributed by atoms with van der Waals surface area (Å²) in [6.07, 6.45) is 2.82. The van der Waals surface area contributed by atoms with E-state index in [1.54, 1.807) is 0 Å². The first kappa shape index (κ1) is 24.9. The Bertz CT molecular complexity index is 1210. The molecule has 2 heterocycles. The maximum Gasteiger partial charge on any atom is 0.329 e. The minimum Gasteiger partial charge on any atom is -0.467 e. The average Bonchev–Trinajstić information content (AvgIpc) is 3.18. The minimum atomic E-state index is -0.559. The Morgan fingerprint density at radius 2 is 1.77 bits per heavy atom. The smallest absolute Gasteiger partial charge is 0.329 e. The molecule has 9 heteroatoms. The number of nitrogens with two attached hydrogens (primary N) is 1. The number of aryl methyl sites for hydroxylation is 1. The van der Waals surface area contributed by atoms with Gasteiger partial charge in [-0.1, -0.05) is 42.5 Å². The number of hydrogen-bond donors (Lipinski definition) is 2. The number of carbonyl (C=O) groups is 1. The van der Waals surface area contributed by atoms with Gasteiger partial charge in [-0.3, -0.25) is 9.13 Å². The van der Waals surface area contributed by atoms with E-state index in [-0.39, 0.29) is 17.7 Å². The number of thiocarbonyl (C=S) groups is 1. The van der Waals surface area contributed by atoms with Gasteiger partial charge >= 0.3 is 11.7 Å². The highest BCUT2D eigenvalue weighted by Gasteiger charge is 2.28. The average molecular weight is 496 g/mol. The third kappa shape index (κ3) is 5.57. The summed E-state index contributed by atoms with van der Waals surface area (Å²) in [4.78, 5) is 27.8. The van der Waals surface area contributed by atoms with Crippen molar-refractivity contribution < 1.29 is 9.53 Å². The van der Waals surface area contributed by atoms with Gasteiger partial charge in [0.15, 0.2) is 5.11 Å². The summed E-state index contributed by atoms with van der Waals surface area (Å²) < 4.78 is 8.78. The molecule has 4 rings (SSSR count). The predicted molar refractivity (Wildman–Crippen MR) is 141 cm³/mol. The van der Waals surface area contributed by atoms with Gasteiger partial charge in [0.25, 0.3) is 0 Å². The Morgan fingerprint density at radius 3 is 2.43 bits per heavy atom. The highest BCUT2D eigenvalue weighted by Crippen LogP contribution is 2.26. The largest absolute Gasteiger partial charge is 0.467 e.